The molecule has 350 valence electrons. The molecule has 0 aromatic heterocycles. The van der Waals surface area contributed by atoms with Crippen molar-refractivity contribution in [3.05, 3.63) is 0 Å². The number of unbranched alkanes of at least 4 members (excludes halogenated alkanes) is 28. The summed E-state index contributed by atoms with van der Waals surface area (Å²) < 4.78 is 16.8. The fourth-order valence-corrected chi connectivity index (χ4v) is 7.91. The topological polar surface area (TPSA) is 78.9 Å². The Balaban J connectivity index is 4.18. The van der Waals surface area contributed by atoms with Gasteiger partial charge in [0.05, 0.1) is 0 Å². The third-order valence-corrected chi connectivity index (χ3v) is 12.3. The third-order valence-electron chi connectivity index (χ3n) is 12.3. The highest BCUT2D eigenvalue weighted by molar-refractivity contribution is 5.71. The number of ether oxygens (including phenoxy) is 3. The molecule has 6 heteroatoms. The van der Waals surface area contributed by atoms with Crippen molar-refractivity contribution in [3.63, 3.8) is 0 Å². The number of hydrogen-bond donors (Lipinski definition) is 0. The Bertz CT molecular complexity index is 916. The normalized spacial score (nSPS) is 12.6. The minimum absolute atomic E-state index is 0.0659. The van der Waals surface area contributed by atoms with Gasteiger partial charge in [0.2, 0.25) is 0 Å². The Morgan fingerprint density at radius 3 is 0.881 bits per heavy atom. The van der Waals surface area contributed by atoms with E-state index in [1.54, 1.807) is 0 Å². The van der Waals surface area contributed by atoms with Crippen LogP contribution >= 0.6 is 0 Å². The average Bonchev–Trinajstić information content (AvgIpc) is 3.20. The van der Waals surface area contributed by atoms with Crippen LogP contribution in [0.25, 0.3) is 0 Å². The van der Waals surface area contributed by atoms with Crippen LogP contribution in [0.2, 0.25) is 0 Å². The minimum Gasteiger partial charge on any atom is -0.462 e. The molecule has 0 aliphatic heterocycles. The van der Waals surface area contributed by atoms with Crippen LogP contribution in [0.1, 0.15) is 286 Å². The van der Waals surface area contributed by atoms with Crippen LogP contribution in [-0.4, -0.2) is 37.2 Å². The maximum Gasteiger partial charge on any atom is 0.306 e. The van der Waals surface area contributed by atoms with Crippen LogP contribution in [-0.2, 0) is 28.6 Å². The van der Waals surface area contributed by atoms with Crippen LogP contribution < -0.4 is 0 Å². The molecular formula is C53H102O6. The molecule has 6 nitrogen and oxygen atoms in total. The lowest BCUT2D eigenvalue weighted by molar-refractivity contribution is -0.167. The lowest BCUT2D eigenvalue weighted by Crippen LogP contribution is -2.30. The predicted octanol–water partition coefficient (Wildman–Crippen LogP) is 16.8. The highest BCUT2D eigenvalue weighted by Gasteiger charge is 2.19. The van der Waals surface area contributed by atoms with Crippen molar-refractivity contribution in [2.45, 2.75) is 292 Å². The molecule has 2 atom stereocenters. The van der Waals surface area contributed by atoms with E-state index in [9.17, 15) is 14.4 Å². The van der Waals surface area contributed by atoms with Gasteiger partial charge in [0.25, 0.3) is 0 Å². The molecule has 0 heterocycles. The van der Waals surface area contributed by atoms with E-state index in [0.29, 0.717) is 19.3 Å². The van der Waals surface area contributed by atoms with Gasteiger partial charge in [-0.25, -0.2) is 0 Å². The standard InChI is InChI=1S/C53H102O6/c1-7-49(6)41-35-29-25-26-31-37-43-52(55)58-46-50(59-53(56)44-38-32-24-20-22-28-34-40-48(4)5)45-57-51(54)42-36-30-23-19-17-15-13-11-9-8-10-12-14-16-18-21-27-33-39-47(2)3/h47-50H,7-46H2,1-6H3/t49?,50-/m1/s1. The van der Waals surface area contributed by atoms with Crippen molar-refractivity contribution in [3.8, 4) is 0 Å². The lowest BCUT2D eigenvalue weighted by atomic mass is 10.00. The van der Waals surface area contributed by atoms with Crippen LogP contribution in [0.3, 0.4) is 0 Å². The first-order valence-corrected chi connectivity index (χ1v) is 26.1. The minimum atomic E-state index is -0.763. The van der Waals surface area contributed by atoms with Crippen LogP contribution in [0.15, 0.2) is 0 Å². The maximum absolute atomic E-state index is 12.7. The van der Waals surface area contributed by atoms with Gasteiger partial charge in [0, 0.05) is 19.3 Å². The molecular weight excluding hydrogens is 733 g/mol. The van der Waals surface area contributed by atoms with E-state index in [4.69, 9.17) is 14.2 Å². The van der Waals surface area contributed by atoms with Gasteiger partial charge >= 0.3 is 17.9 Å². The monoisotopic (exact) mass is 835 g/mol. The quantitative estimate of drug-likeness (QED) is 0.0345. The molecule has 0 aliphatic carbocycles. The second-order valence-corrected chi connectivity index (χ2v) is 19.4. The number of carbonyl (C=O) groups excluding carboxylic acids is 3. The molecule has 0 amide bonds. The van der Waals surface area contributed by atoms with E-state index in [-0.39, 0.29) is 31.1 Å². The van der Waals surface area contributed by atoms with Crippen molar-refractivity contribution in [2.24, 2.45) is 17.8 Å². The van der Waals surface area contributed by atoms with E-state index in [1.165, 1.54) is 167 Å². The van der Waals surface area contributed by atoms with Crippen molar-refractivity contribution in [1.29, 1.82) is 0 Å². The van der Waals surface area contributed by atoms with Gasteiger partial charge in [0.1, 0.15) is 13.2 Å². The highest BCUT2D eigenvalue weighted by atomic mass is 16.6. The molecule has 0 aliphatic rings. The summed E-state index contributed by atoms with van der Waals surface area (Å²) in [6.45, 7) is 13.7. The van der Waals surface area contributed by atoms with Gasteiger partial charge in [-0.15, -0.1) is 0 Å². The maximum atomic E-state index is 12.7. The number of esters is 3. The Hall–Kier alpha value is -1.59. The zero-order valence-corrected chi connectivity index (χ0v) is 40.5. The summed E-state index contributed by atoms with van der Waals surface area (Å²) >= 11 is 0. The smallest absolute Gasteiger partial charge is 0.306 e. The Morgan fingerprint density at radius 1 is 0.339 bits per heavy atom. The Kier molecular flexibility index (Phi) is 43.3. The summed E-state index contributed by atoms with van der Waals surface area (Å²) in [5, 5.41) is 0. The molecule has 1 unspecified atom stereocenters. The summed E-state index contributed by atoms with van der Waals surface area (Å²) in [6.07, 6.45) is 44.0. The van der Waals surface area contributed by atoms with Gasteiger partial charge in [-0.3, -0.25) is 14.4 Å². The van der Waals surface area contributed by atoms with E-state index < -0.39 is 6.10 Å². The molecule has 0 saturated carbocycles. The number of hydrogen-bond acceptors (Lipinski definition) is 6. The molecule has 0 fully saturated rings. The molecule has 0 spiro atoms. The summed E-state index contributed by atoms with van der Waals surface area (Å²) in [5.74, 6) is 1.59. The van der Waals surface area contributed by atoms with Crippen molar-refractivity contribution < 1.29 is 28.6 Å². The SMILES string of the molecule is CCC(C)CCCCCCCCC(=O)OC[C@@H](COC(=O)CCCCCCCCCCCCCCCCCCCCC(C)C)OC(=O)CCCCCCCCCC(C)C. The average molecular weight is 835 g/mol. The Morgan fingerprint density at radius 2 is 0.593 bits per heavy atom. The van der Waals surface area contributed by atoms with Crippen LogP contribution in [0.5, 0.6) is 0 Å². The lowest BCUT2D eigenvalue weighted by Gasteiger charge is -2.18. The second-order valence-electron chi connectivity index (χ2n) is 19.4. The van der Waals surface area contributed by atoms with Crippen molar-refractivity contribution in [1.82, 2.24) is 0 Å². The first-order valence-electron chi connectivity index (χ1n) is 26.1. The van der Waals surface area contributed by atoms with Gasteiger partial charge in [0.15, 0.2) is 6.10 Å². The first-order chi connectivity index (χ1) is 28.6. The zero-order chi connectivity index (χ0) is 43.4. The molecule has 0 saturated heterocycles. The van der Waals surface area contributed by atoms with E-state index in [0.717, 1.165) is 75.5 Å². The van der Waals surface area contributed by atoms with E-state index in [1.807, 2.05) is 0 Å². The molecule has 0 aromatic carbocycles. The van der Waals surface area contributed by atoms with Crippen molar-refractivity contribution >= 4 is 17.9 Å². The summed E-state index contributed by atoms with van der Waals surface area (Å²) in [7, 11) is 0. The zero-order valence-electron chi connectivity index (χ0n) is 40.5. The molecule has 0 rings (SSSR count). The van der Waals surface area contributed by atoms with Gasteiger partial charge < -0.3 is 14.2 Å². The van der Waals surface area contributed by atoms with Gasteiger partial charge in [-0.2, -0.15) is 0 Å². The fraction of sp³-hybridized carbons (Fsp3) is 0.943. The number of carbonyl (C=O) groups is 3. The van der Waals surface area contributed by atoms with E-state index in [2.05, 4.69) is 41.5 Å². The van der Waals surface area contributed by atoms with Crippen molar-refractivity contribution in [2.75, 3.05) is 13.2 Å². The van der Waals surface area contributed by atoms with Crippen LogP contribution in [0, 0.1) is 17.8 Å². The van der Waals surface area contributed by atoms with Gasteiger partial charge in [-0.05, 0) is 37.0 Å². The molecule has 0 radical (unpaired) electrons. The largest absolute Gasteiger partial charge is 0.462 e. The predicted molar refractivity (Wildman–Crippen MR) is 252 cm³/mol. The summed E-state index contributed by atoms with van der Waals surface area (Å²) in [5.41, 5.74) is 0. The third kappa shape index (κ3) is 45.8. The molecule has 0 N–H and O–H groups in total. The fourth-order valence-electron chi connectivity index (χ4n) is 7.91. The first kappa shape index (κ1) is 57.4. The molecule has 0 bridgehead atoms. The van der Waals surface area contributed by atoms with Gasteiger partial charge in [-0.1, -0.05) is 247 Å². The van der Waals surface area contributed by atoms with Crippen LogP contribution in [0.4, 0.5) is 0 Å². The highest BCUT2D eigenvalue weighted by Crippen LogP contribution is 2.18. The summed E-state index contributed by atoms with van der Waals surface area (Å²) in [4.78, 5) is 37.8. The summed E-state index contributed by atoms with van der Waals surface area (Å²) in [6, 6.07) is 0. The number of rotatable bonds is 46. The molecule has 0 aromatic rings. The van der Waals surface area contributed by atoms with E-state index >= 15 is 0 Å². The Labute approximate surface area is 368 Å². The second kappa shape index (κ2) is 44.5. The molecule has 59 heavy (non-hydrogen) atoms.